The van der Waals surface area contributed by atoms with E-state index in [1.165, 1.54) is 0 Å². The highest BCUT2D eigenvalue weighted by Gasteiger charge is 2.25. The molecular formula is C31H56NO9+. The number of aliphatic carboxylic acids is 3. The van der Waals surface area contributed by atoms with Gasteiger partial charge >= 0.3 is 23.9 Å². The summed E-state index contributed by atoms with van der Waals surface area (Å²) in [7, 11) is 5.76. The van der Waals surface area contributed by atoms with Crippen LogP contribution in [0.15, 0.2) is 0 Å². The van der Waals surface area contributed by atoms with Crippen molar-refractivity contribution in [3.05, 3.63) is 0 Å². The molecule has 0 aliphatic carbocycles. The number of quaternary nitrogens is 1. The maximum atomic E-state index is 12.4. The summed E-state index contributed by atoms with van der Waals surface area (Å²) in [5, 5.41) is 27.2. The van der Waals surface area contributed by atoms with Gasteiger partial charge in [0.05, 0.1) is 27.6 Å². The van der Waals surface area contributed by atoms with Crippen LogP contribution in [0.2, 0.25) is 0 Å². The lowest BCUT2D eigenvalue weighted by atomic mass is 9.93. The zero-order chi connectivity index (χ0) is 31.1. The van der Waals surface area contributed by atoms with E-state index < -0.39 is 29.9 Å². The predicted octanol–water partition coefficient (Wildman–Crippen LogP) is 5.85. The van der Waals surface area contributed by atoms with E-state index in [1.54, 1.807) is 0 Å². The molecule has 0 saturated carbocycles. The van der Waals surface area contributed by atoms with E-state index in [1.807, 2.05) is 21.1 Å². The van der Waals surface area contributed by atoms with Crippen molar-refractivity contribution in [3.63, 3.8) is 0 Å². The Bertz CT molecular complexity index is 776. The Morgan fingerprint density at radius 1 is 0.585 bits per heavy atom. The van der Waals surface area contributed by atoms with Gasteiger partial charge in [0.15, 0.2) is 6.10 Å². The number of carbonyl (C=O) groups excluding carboxylic acids is 2. The molecular weight excluding hydrogens is 530 g/mol. The number of hydrogen-bond donors (Lipinski definition) is 3. The lowest BCUT2D eigenvalue weighted by Gasteiger charge is -2.28. The number of nitrogens with zero attached hydrogens (tertiary/aromatic N) is 1. The second-order valence-electron chi connectivity index (χ2n) is 12.3. The molecule has 0 fully saturated rings. The number of rotatable bonds is 28. The monoisotopic (exact) mass is 586 g/mol. The average Bonchev–Trinajstić information content (AvgIpc) is 2.84. The zero-order valence-electron chi connectivity index (χ0n) is 25.7. The van der Waals surface area contributed by atoms with Crippen LogP contribution in [-0.4, -0.2) is 83.3 Å². The van der Waals surface area contributed by atoms with Gasteiger partial charge in [-0.2, -0.15) is 0 Å². The van der Waals surface area contributed by atoms with Crippen LogP contribution in [0.5, 0.6) is 0 Å². The minimum Gasteiger partial charge on any atom is -0.481 e. The first kappa shape index (κ1) is 38.5. The van der Waals surface area contributed by atoms with Crippen LogP contribution < -0.4 is 0 Å². The Balaban J connectivity index is 3.91. The summed E-state index contributed by atoms with van der Waals surface area (Å²) in [5.41, 5.74) is 0. The smallest absolute Gasteiger partial charge is 0.314 e. The van der Waals surface area contributed by atoms with Crippen LogP contribution in [0.25, 0.3) is 0 Å². The van der Waals surface area contributed by atoms with Crippen molar-refractivity contribution in [2.45, 2.75) is 135 Å². The number of Topliss-reactive ketones (excluding diaryl/α,β-unsaturated/α-hetero) is 1. The Kier molecular flexibility index (Phi) is 21.7. The number of carboxylic acids is 3. The fourth-order valence-corrected chi connectivity index (χ4v) is 4.93. The molecule has 0 aromatic carbocycles. The molecule has 0 aromatic rings. The molecule has 0 bridgehead atoms. The van der Waals surface area contributed by atoms with Crippen LogP contribution in [0, 0.1) is 5.92 Å². The Morgan fingerprint density at radius 3 is 1.46 bits per heavy atom. The summed E-state index contributed by atoms with van der Waals surface area (Å²) in [6, 6.07) is 0. The van der Waals surface area contributed by atoms with Crippen molar-refractivity contribution in [2.24, 2.45) is 5.92 Å². The minimum atomic E-state index is -1.03. The summed E-state index contributed by atoms with van der Waals surface area (Å²) in [6.07, 6.45) is 13.8. The first-order valence-electron chi connectivity index (χ1n) is 15.5. The highest BCUT2D eigenvalue weighted by Crippen LogP contribution is 2.18. The standard InChI is InChI=1S/C31H55NO9/c1-32(2,3)24-25(23-29(36)37)41-30(38)22-18-14-10-6-7-11-15-19-26(31(39)40)27(33)20-16-12-8-4-5-9-13-17-21-28(34)35/h25-26H,4-24H2,1-3H3,(H2-,34,35,36,37,39,40)/p+1. The third-order valence-electron chi connectivity index (χ3n) is 7.08. The summed E-state index contributed by atoms with van der Waals surface area (Å²) in [5.74, 6) is -4.22. The van der Waals surface area contributed by atoms with Crippen LogP contribution in [0.4, 0.5) is 0 Å². The first-order chi connectivity index (χ1) is 19.3. The molecule has 0 aromatic heterocycles. The number of likely N-dealkylation sites (N-methyl/N-ethyl adjacent to an activating group) is 1. The maximum absolute atomic E-state index is 12.4. The van der Waals surface area contributed by atoms with Crippen molar-refractivity contribution in [2.75, 3.05) is 27.7 Å². The van der Waals surface area contributed by atoms with E-state index in [-0.39, 0.29) is 31.0 Å². The van der Waals surface area contributed by atoms with Gasteiger partial charge in [-0.05, 0) is 25.7 Å². The summed E-state index contributed by atoms with van der Waals surface area (Å²) in [6.45, 7) is 0.437. The minimum absolute atomic E-state index is 0.176. The number of esters is 1. The molecule has 10 nitrogen and oxygen atoms in total. The van der Waals surface area contributed by atoms with Crippen molar-refractivity contribution in [3.8, 4) is 0 Å². The van der Waals surface area contributed by atoms with Crippen LogP contribution in [0.3, 0.4) is 0 Å². The number of ketones is 1. The van der Waals surface area contributed by atoms with E-state index in [0.717, 1.165) is 77.0 Å². The summed E-state index contributed by atoms with van der Waals surface area (Å²) in [4.78, 5) is 57.7. The number of ether oxygens (including phenoxy) is 1. The quantitative estimate of drug-likeness (QED) is 0.0443. The molecule has 3 N–H and O–H groups in total. The molecule has 0 spiro atoms. The molecule has 41 heavy (non-hydrogen) atoms. The van der Waals surface area contributed by atoms with Gasteiger partial charge in [-0.1, -0.05) is 77.0 Å². The Labute approximate surface area is 246 Å². The van der Waals surface area contributed by atoms with Crippen LogP contribution in [0.1, 0.15) is 128 Å². The van der Waals surface area contributed by atoms with Gasteiger partial charge in [0, 0.05) is 19.3 Å². The molecule has 0 heterocycles. The number of carbonyl (C=O) groups is 5. The number of carboxylic acid groups (broad SMARTS) is 3. The first-order valence-corrected chi connectivity index (χ1v) is 15.5. The van der Waals surface area contributed by atoms with Gasteiger partial charge in [0.2, 0.25) is 0 Å². The third-order valence-corrected chi connectivity index (χ3v) is 7.08. The van der Waals surface area contributed by atoms with Crippen LogP contribution >= 0.6 is 0 Å². The highest BCUT2D eigenvalue weighted by atomic mass is 16.5. The van der Waals surface area contributed by atoms with Crippen molar-refractivity contribution < 1.29 is 48.5 Å². The topological polar surface area (TPSA) is 155 Å². The van der Waals surface area contributed by atoms with Crippen molar-refractivity contribution >= 4 is 29.7 Å². The SMILES string of the molecule is C[N+](C)(C)CC(CC(=O)O)OC(=O)CCCCCCCCCC(C(=O)O)C(=O)CCCCCCCCCCC(=O)O. The van der Waals surface area contributed by atoms with E-state index in [0.29, 0.717) is 43.1 Å². The van der Waals surface area contributed by atoms with E-state index in [9.17, 15) is 29.1 Å². The molecule has 0 radical (unpaired) electrons. The van der Waals surface area contributed by atoms with E-state index in [2.05, 4.69) is 0 Å². The molecule has 10 heteroatoms. The number of unbranched alkanes of at least 4 members (excludes halogenated alkanes) is 13. The molecule has 0 aliphatic rings. The van der Waals surface area contributed by atoms with Gasteiger partial charge in [0.25, 0.3) is 0 Å². The normalized spacial score (nSPS) is 13.0. The summed E-state index contributed by atoms with van der Waals surface area (Å²) >= 11 is 0. The van der Waals surface area contributed by atoms with Gasteiger partial charge in [-0.25, -0.2) is 0 Å². The van der Waals surface area contributed by atoms with E-state index in [4.69, 9.17) is 14.9 Å². The Hall–Kier alpha value is -2.49. The molecule has 0 saturated heterocycles. The third kappa shape index (κ3) is 25.0. The molecule has 0 rings (SSSR count). The fourth-order valence-electron chi connectivity index (χ4n) is 4.93. The summed E-state index contributed by atoms with van der Waals surface area (Å²) < 4.78 is 5.90. The molecule has 2 atom stereocenters. The van der Waals surface area contributed by atoms with Crippen molar-refractivity contribution in [1.82, 2.24) is 0 Å². The second kappa shape index (κ2) is 23.1. The van der Waals surface area contributed by atoms with E-state index >= 15 is 0 Å². The second-order valence-corrected chi connectivity index (χ2v) is 12.3. The molecule has 238 valence electrons. The zero-order valence-corrected chi connectivity index (χ0v) is 25.7. The van der Waals surface area contributed by atoms with Gasteiger partial charge in [0.1, 0.15) is 18.2 Å². The Morgan fingerprint density at radius 2 is 1.02 bits per heavy atom. The maximum Gasteiger partial charge on any atom is 0.314 e. The van der Waals surface area contributed by atoms with Crippen LogP contribution in [-0.2, 0) is 28.7 Å². The van der Waals surface area contributed by atoms with Gasteiger partial charge in [-0.3, -0.25) is 24.0 Å². The lowest BCUT2D eigenvalue weighted by Crippen LogP contribution is -2.43. The molecule has 0 aliphatic heterocycles. The van der Waals surface area contributed by atoms with Gasteiger partial charge < -0.3 is 24.5 Å². The molecule has 0 amide bonds. The number of hydrogen-bond acceptors (Lipinski definition) is 6. The lowest BCUT2D eigenvalue weighted by molar-refractivity contribution is -0.873. The fraction of sp³-hybridized carbons (Fsp3) is 0.839. The van der Waals surface area contributed by atoms with Crippen molar-refractivity contribution in [1.29, 1.82) is 0 Å². The largest absolute Gasteiger partial charge is 0.481 e. The molecule has 2 unspecified atom stereocenters. The average molecular weight is 587 g/mol. The highest BCUT2D eigenvalue weighted by molar-refractivity contribution is 5.98. The van der Waals surface area contributed by atoms with Gasteiger partial charge in [-0.15, -0.1) is 0 Å². The predicted molar refractivity (Wildman–Crippen MR) is 157 cm³/mol.